The molecule has 0 radical (unpaired) electrons. The number of ether oxygens (including phenoxy) is 2. The highest BCUT2D eigenvalue weighted by molar-refractivity contribution is 5.67. The molecular weight excluding hydrogens is 386 g/mol. The van der Waals surface area contributed by atoms with Crippen molar-refractivity contribution in [3.8, 4) is 5.75 Å². The standard InChI is InChI=1S/C14H19NO2.C9H10O.2C2H6/c1-12-7-9-15(10-8-12)14(16)17-11-13-5-3-2-4-6-13;1-7-2-3-9-8(6-7)4-5-10-9;2*1-2/h2-6,12H,7-11H2,1H3;2-3,6H,4-5H2,1H3;2*1-2H3. The van der Waals surface area contributed by atoms with Crippen molar-refractivity contribution >= 4 is 6.09 Å². The van der Waals surface area contributed by atoms with Crippen molar-refractivity contribution < 1.29 is 14.3 Å². The molecular formula is C27H41NO3. The summed E-state index contributed by atoms with van der Waals surface area (Å²) in [5, 5.41) is 0. The molecule has 2 aliphatic heterocycles. The van der Waals surface area contributed by atoms with Gasteiger partial charge in [0, 0.05) is 19.5 Å². The number of nitrogens with zero attached hydrogens (tertiary/aromatic N) is 1. The lowest BCUT2D eigenvalue weighted by atomic mass is 10.00. The van der Waals surface area contributed by atoms with Crippen molar-refractivity contribution in [1.82, 2.24) is 4.90 Å². The summed E-state index contributed by atoms with van der Waals surface area (Å²) in [6.07, 6.45) is 3.07. The van der Waals surface area contributed by atoms with Gasteiger partial charge in [0.05, 0.1) is 6.61 Å². The van der Waals surface area contributed by atoms with Gasteiger partial charge in [0.1, 0.15) is 12.4 Å². The minimum Gasteiger partial charge on any atom is -0.493 e. The van der Waals surface area contributed by atoms with Crippen LogP contribution in [0.5, 0.6) is 5.75 Å². The Hall–Kier alpha value is -2.49. The largest absolute Gasteiger partial charge is 0.493 e. The molecule has 4 rings (SSSR count). The number of likely N-dealkylation sites (tertiary alicyclic amines) is 1. The molecule has 0 spiro atoms. The quantitative estimate of drug-likeness (QED) is 0.516. The van der Waals surface area contributed by atoms with Crippen LogP contribution in [0.15, 0.2) is 48.5 Å². The van der Waals surface area contributed by atoms with Crippen molar-refractivity contribution in [2.24, 2.45) is 5.92 Å². The molecule has 0 unspecified atom stereocenters. The fourth-order valence-corrected chi connectivity index (χ4v) is 3.32. The van der Waals surface area contributed by atoms with Crippen LogP contribution < -0.4 is 4.74 Å². The lowest BCUT2D eigenvalue weighted by Gasteiger charge is -2.29. The highest BCUT2D eigenvalue weighted by Crippen LogP contribution is 2.25. The Kier molecular flexibility index (Phi) is 13.1. The van der Waals surface area contributed by atoms with Crippen molar-refractivity contribution in [3.05, 3.63) is 65.2 Å². The first kappa shape index (κ1) is 26.5. The van der Waals surface area contributed by atoms with E-state index in [1.807, 2.05) is 62.9 Å². The predicted molar refractivity (Wildman–Crippen MR) is 130 cm³/mol. The molecule has 2 aromatic rings. The number of carbonyl (C=O) groups excluding carboxylic acids is 1. The van der Waals surface area contributed by atoms with E-state index in [1.54, 1.807) is 0 Å². The fourth-order valence-electron chi connectivity index (χ4n) is 3.32. The summed E-state index contributed by atoms with van der Waals surface area (Å²) in [6, 6.07) is 16.1. The summed E-state index contributed by atoms with van der Waals surface area (Å²) in [4.78, 5) is 13.6. The van der Waals surface area contributed by atoms with Crippen LogP contribution >= 0.6 is 0 Å². The average molecular weight is 428 g/mol. The number of piperidine rings is 1. The zero-order chi connectivity index (χ0) is 23.1. The number of hydrogen-bond acceptors (Lipinski definition) is 3. The molecule has 1 fully saturated rings. The van der Waals surface area contributed by atoms with Crippen LogP contribution in [0.4, 0.5) is 4.79 Å². The molecule has 2 heterocycles. The zero-order valence-electron chi connectivity index (χ0n) is 20.3. The van der Waals surface area contributed by atoms with Gasteiger partial charge < -0.3 is 14.4 Å². The van der Waals surface area contributed by atoms with Gasteiger partial charge in [0.2, 0.25) is 0 Å². The lowest BCUT2D eigenvalue weighted by Crippen LogP contribution is -2.38. The van der Waals surface area contributed by atoms with Gasteiger partial charge in [0.25, 0.3) is 0 Å². The molecule has 4 nitrogen and oxygen atoms in total. The Morgan fingerprint density at radius 3 is 2.32 bits per heavy atom. The molecule has 0 aliphatic carbocycles. The average Bonchev–Trinajstić information content (AvgIpc) is 3.29. The second-order valence-electron chi connectivity index (χ2n) is 7.42. The van der Waals surface area contributed by atoms with E-state index in [0.717, 1.165) is 56.2 Å². The second kappa shape index (κ2) is 15.3. The van der Waals surface area contributed by atoms with Crippen molar-refractivity contribution in [2.75, 3.05) is 19.7 Å². The zero-order valence-corrected chi connectivity index (χ0v) is 20.3. The van der Waals surface area contributed by atoms with Crippen LogP contribution in [-0.2, 0) is 17.8 Å². The van der Waals surface area contributed by atoms with Gasteiger partial charge in [-0.15, -0.1) is 0 Å². The summed E-state index contributed by atoms with van der Waals surface area (Å²) in [6.45, 7) is 15.2. The number of hydrogen-bond donors (Lipinski definition) is 0. The van der Waals surface area contributed by atoms with E-state index in [0.29, 0.717) is 6.61 Å². The van der Waals surface area contributed by atoms with E-state index in [-0.39, 0.29) is 6.09 Å². The molecule has 0 saturated carbocycles. The third-order valence-corrected chi connectivity index (χ3v) is 5.09. The molecule has 0 bridgehead atoms. The van der Waals surface area contributed by atoms with Gasteiger partial charge in [-0.25, -0.2) is 4.79 Å². The molecule has 4 heteroatoms. The topological polar surface area (TPSA) is 38.8 Å². The molecule has 0 N–H and O–H groups in total. The molecule has 31 heavy (non-hydrogen) atoms. The predicted octanol–water partition coefficient (Wildman–Crippen LogP) is 7.04. The lowest BCUT2D eigenvalue weighted by molar-refractivity contribution is 0.0837. The molecule has 2 aliphatic rings. The number of benzene rings is 2. The number of aryl methyl sites for hydroxylation is 1. The van der Waals surface area contributed by atoms with Crippen LogP contribution in [0.3, 0.4) is 0 Å². The van der Waals surface area contributed by atoms with Gasteiger partial charge in [0.15, 0.2) is 0 Å². The first-order valence-corrected chi connectivity index (χ1v) is 11.8. The first-order valence-electron chi connectivity index (χ1n) is 11.8. The minimum atomic E-state index is -0.180. The molecule has 0 aromatic heterocycles. The highest BCUT2D eigenvalue weighted by Gasteiger charge is 2.21. The number of rotatable bonds is 2. The Morgan fingerprint density at radius 1 is 1.03 bits per heavy atom. The van der Waals surface area contributed by atoms with Crippen molar-refractivity contribution in [3.63, 3.8) is 0 Å². The Morgan fingerprint density at radius 2 is 1.68 bits per heavy atom. The number of fused-ring (bicyclic) bond motifs is 1. The third kappa shape index (κ3) is 9.46. The molecule has 0 atom stereocenters. The maximum absolute atomic E-state index is 11.8. The van der Waals surface area contributed by atoms with Gasteiger partial charge in [-0.2, -0.15) is 0 Å². The van der Waals surface area contributed by atoms with Crippen LogP contribution in [0.25, 0.3) is 0 Å². The maximum atomic E-state index is 11.8. The first-order chi connectivity index (χ1) is 15.1. The van der Waals surface area contributed by atoms with E-state index in [2.05, 4.69) is 32.0 Å². The summed E-state index contributed by atoms with van der Waals surface area (Å²) >= 11 is 0. The van der Waals surface area contributed by atoms with E-state index in [1.165, 1.54) is 11.1 Å². The van der Waals surface area contributed by atoms with Gasteiger partial charge in [-0.3, -0.25) is 0 Å². The normalized spacial score (nSPS) is 14.3. The minimum absolute atomic E-state index is 0.180. The Bertz CT molecular complexity index is 737. The van der Waals surface area contributed by atoms with E-state index < -0.39 is 0 Å². The van der Waals surface area contributed by atoms with Gasteiger partial charge >= 0.3 is 6.09 Å². The Balaban J connectivity index is 0.000000291. The third-order valence-electron chi connectivity index (χ3n) is 5.09. The number of carbonyl (C=O) groups is 1. The van der Waals surface area contributed by atoms with Crippen LogP contribution in [0, 0.1) is 12.8 Å². The summed E-state index contributed by atoms with van der Waals surface area (Å²) in [7, 11) is 0. The van der Waals surface area contributed by atoms with Crippen molar-refractivity contribution in [2.45, 2.75) is 67.4 Å². The summed E-state index contributed by atoms with van der Waals surface area (Å²) < 4.78 is 10.6. The van der Waals surface area contributed by atoms with Crippen LogP contribution in [-0.4, -0.2) is 30.7 Å². The SMILES string of the molecule is CC.CC.CC1CCN(C(=O)OCc2ccccc2)CC1.Cc1ccc2c(c1)CCO2. The summed E-state index contributed by atoms with van der Waals surface area (Å²) in [5.74, 6) is 1.80. The van der Waals surface area contributed by atoms with E-state index >= 15 is 0 Å². The smallest absolute Gasteiger partial charge is 0.410 e. The molecule has 1 saturated heterocycles. The maximum Gasteiger partial charge on any atom is 0.410 e. The van der Waals surface area contributed by atoms with Gasteiger partial charge in [-0.05, 0) is 42.9 Å². The fraction of sp³-hybridized carbons (Fsp3) is 0.519. The van der Waals surface area contributed by atoms with E-state index in [9.17, 15) is 4.79 Å². The highest BCUT2D eigenvalue weighted by atomic mass is 16.6. The molecule has 2 aromatic carbocycles. The van der Waals surface area contributed by atoms with E-state index in [4.69, 9.17) is 9.47 Å². The number of amides is 1. The molecule has 1 amide bonds. The van der Waals surface area contributed by atoms with Crippen LogP contribution in [0.1, 0.15) is 64.2 Å². The second-order valence-corrected chi connectivity index (χ2v) is 7.42. The van der Waals surface area contributed by atoms with Gasteiger partial charge in [-0.1, -0.05) is 82.6 Å². The Labute approximate surface area is 189 Å². The summed E-state index contributed by atoms with van der Waals surface area (Å²) in [5.41, 5.74) is 3.72. The van der Waals surface area contributed by atoms with Crippen LogP contribution in [0.2, 0.25) is 0 Å². The van der Waals surface area contributed by atoms with Crippen molar-refractivity contribution in [1.29, 1.82) is 0 Å². The monoisotopic (exact) mass is 427 g/mol. The molecule has 172 valence electrons.